The van der Waals surface area contributed by atoms with E-state index >= 15 is 0 Å². The lowest BCUT2D eigenvalue weighted by atomic mass is 10.00. The molecule has 1 rings (SSSR count). The molecule has 1 N–H and O–H groups in total. The molecule has 0 radical (unpaired) electrons. The Bertz CT molecular complexity index is 451. The Morgan fingerprint density at radius 3 is 2.50 bits per heavy atom. The number of cyclic esters (lactones) is 1. The Morgan fingerprint density at radius 1 is 1.42 bits per heavy atom. The van der Waals surface area contributed by atoms with Crippen molar-refractivity contribution in [2.75, 3.05) is 14.2 Å². The van der Waals surface area contributed by atoms with Crippen molar-refractivity contribution >= 4 is 11.9 Å². The van der Waals surface area contributed by atoms with Crippen LogP contribution in [0.1, 0.15) is 52.4 Å². The van der Waals surface area contributed by atoms with E-state index in [0.29, 0.717) is 12.8 Å². The molecular formula is C20H35NO5. The molecule has 0 aromatic carbocycles. The van der Waals surface area contributed by atoms with E-state index in [1.165, 1.54) is 12.2 Å². The van der Waals surface area contributed by atoms with Crippen molar-refractivity contribution in [2.45, 2.75) is 64.6 Å². The summed E-state index contributed by atoms with van der Waals surface area (Å²) in [6, 6.07) is 0. The molecule has 26 heavy (non-hydrogen) atoms. The highest BCUT2D eigenvalue weighted by atomic mass is 16.7. The Morgan fingerprint density at radius 2 is 2.04 bits per heavy atom. The van der Waals surface area contributed by atoms with Crippen LogP contribution in [0.2, 0.25) is 0 Å². The molecule has 1 amide bonds. The number of nitrogens with zero attached hydrogens (tertiary/aromatic N) is 1. The fraction of sp³-hybridized carbons (Fsp3) is 0.700. The molecule has 1 aliphatic rings. The van der Waals surface area contributed by atoms with Gasteiger partial charge in [-0.2, -0.15) is 0 Å². The van der Waals surface area contributed by atoms with Crippen molar-refractivity contribution < 1.29 is 24.3 Å². The molecule has 0 spiro atoms. The average molecular weight is 370 g/mol. The largest absolute Gasteiger partial charge is 0.462 e. The third-order valence-corrected chi connectivity index (χ3v) is 4.33. The minimum absolute atomic E-state index is 0.0425. The fourth-order valence-electron chi connectivity index (χ4n) is 2.64. The first kappa shape index (κ1) is 24.3. The molecule has 2 unspecified atom stereocenters. The molecule has 6 nitrogen and oxygen atoms in total. The summed E-state index contributed by atoms with van der Waals surface area (Å²) in [4.78, 5) is 27.2. The van der Waals surface area contributed by atoms with Crippen LogP contribution in [-0.4, -0.2) is 48.4 Å². The fourth-order valence-corrected chi connectivity index (χ4v) is 2.64. The summed E-state index contributed by atoms with van der Waals surface area (Å²) in [6.07, 6.45) is 7.94. The van der Waals surface area contributed by atoms with Gasteiger partial charge in [0, 0.05) is 13.0 Å². The molecule has 0 aliphatic carbocycles. The summed E-state index contributed by atoms with van der Waals surface area (Å²) >= 11 is 0. The van der Waals surface area contributed by atoms with E-state index < -0.39 is 6.10 Å². The molecule has 4 atom stereocenters. The van der Waals surface area contributed by atoms with Crippen LogP contribution < -0.4 is 0 Å². The predicted molar refractivity (Wildman–Crippen MR) is 102 cm³/mol. The van der Waals surface area contributed by atoms with Crippen molar-refractivity contribution in [3.8, 4) is 0 Å². The highest BCUT2D eigenvalue weighted by molar-refractivity contribution is 5.77. The van der Waals surface area contributed by atoms with Gasteiger partial charge in [0.2, 0.25) is 5.91 Å². The first-order chi connectivity index (χ1) is 12.3. The number of allylic oxidation sites excluding steroid dienone is 2. The summed E-state index contributed by atoms with van der Waals surface area (Å²) in [5.74, 6) is -0.284. The lowest BCUT2D eigenvalue weighted by Crippen LogP contribution is -2.32. The van der Waals surface area contributed by atoms with Gasteiger partial charge >= 0.3 is 5.97 Å². The normalized spacial score (nSPS) is 21.0. The van der Waals surface area contributed by atoms with Gasteiger partial charge in [-0.15, -0.1) is 13.2 Å². The van der Waals surface area contributed by atoms with Crippen LogP contribution in [0, 0.1) is 11.8 Å². The van der Waals surface area contributed by atoms with Gasteiger partial charge in [0.15, 0.2) is 0 Å². The van der Waals surface area contributed by atoms with Crippen LogP contribution >= 0.6 is 0 Å². The van der Waals surface area contributed by atoms with Crippen LogP contribution in [0.3, 0.4) is 0 Å². The SMILES string of the molecule is C=CCC[C@@H](O)CC(C)C(=O)N(C)OC.C=CCC[C@@H]1CC(C)C(=O)O1. The summed E-state index contributed by atoms with van der Waals surface area (Å²) in [6.45, 7) is 10.9. The average Bonchev–Trinajstić information content (AvgIpc) is 2.95. The molecule has 0 aromatic heterocycles. The van der Waals surface area contributed by atoms with Gasteiger partial charge in [-0.3, -0.25) is 14.4 Å². The van der Waals surface area contributed by atoms with Crippen molar-refractivity contribution in [3.63, 3.8) is 0 Å². The molecule has 6 heteroatoms. The second-order valence-electron chi connectivity index (χ2n) is 6.74. The highest BCUT2D eigenvalue weighted by Gasteiger charge is 2.29. The number of amides is 1. The van der Waals surface area contributed by atoms with Crippen molar-refractivity contribution in [1.29, 1.82) is 0 Å². The summed E-state index contributed by atoms with van der Waals surface area (Å²) in [7, 11) is 3.01. The zero-order valence-electron chi connectivity index (χ0n) is 16.6. The number of carbonyl (C=O) groups is 2. The quantitative estimate of drug-likeness (QED) is 0.363. The van der Waals surface area contributed by atoms with E-state index in [0.717, 1.165) is 25.7 Å². The van der Waals surface area contributed by atoms with E-state index in [9.17, 15) is 14.7 Å². The van der Waals surface area contributed by atoms with E-state index in [2.05, 4.69) is 13.2 Å². The molecule has 1 fully saturated rings. The number of hydroxylamine groups is 2. The van der Waals surface area contributed by atoms with E-state index in [-0.39, 0.29) is 29.8 Å². The molecule has 1 saturated heterocycles. The van der Waals surface area contributed by atoms with Crippen LogP contribution in [-0.2, 0) is 19.2 Å². The third kappa shape index (κ3) is 9.73. The second-order valence-corrected chi connectivity index (χ2v) is 6.74. The zero-order valence-corrected chi connectivity index (χ0v) is 16.6. The van der Waals surface area contributed by atoms with Gasteiger partial charge in [0.05, 0.1) is 19.1 Å². The first-order valence-corrected chi connectivity index (χ1v) is 9.18. The number of aliphatic hydroxyl groups excluding tert-OH is 1. The maximum atomic E-state index is 11.6. The minimum Gasteiger partial charge on any atom is -0.462 e. The Hall–Kier alpha value is -1.66. The number of hydrogen-bond acceptors (Lipinski definition) is 5. The Balaban J connectivity index is 0.000000502. The third-order valence-electron chi connectivity index (χ3n) is 4.33. The van der Waals surface area contributed by atoms with Gasteiger partial charge in [-0.25, -0.2) is 5.06 Å². The smallest absolute Gasteiger partial charge is 0.309 e. The monoisotopic (exact) mass is 369 g/mol. The van der Waals surface area contributed by atoms with Crippen molar-refractivity contribution in [3.05, 3.63) is 25.3 Å². The number of carbonyl (C=O) groups excluding carboxylic acids is 2. The van der Waals surface area contributed by atoms with E-state index in [1.807, 2.05) is 13.0 Å². The number of esters is 1. The topological polar surface area (TPSA) is 76.1 Å². The van der Waals surface area contributed by atoms with Crippen LogP contribution in [0.25, 0.3) is 0 Å². The van der Waals surface area contributed by atoms with Gasteiger partial charge in [0.25, 0.3) is 0 Å². The van der Waals surface area contributed by atoms with Crippen LogP contribution in [0.5, 0.6) is 0 Å². The number of ether oxygens (including phenoxy) is 1. The maximum absolute atomic E-state index is 11.6. The zero-order chi connectivity index (χ0) is 20.1. The lowest BCUT2D eigenvalue weighted by Gasteiger charge is -2.20. The minimum atomic E-state index is -0.452. The molecule has 150 valence electrons. The van der Waals surface area contributed by atoms with E-state index in [1.54, 1.807) is 20.0 Å². The highest BCUT2D eigenvalue weighted by Crippen LogP contribution is 2.23. The first-order valence-electron chi connectivity index (χ1n) is 9.18. The van der Waals surface area contributed by atoms with Crippen LogP contribution in [0.4, 0.5) is 0 Å². The summed E-state index contributed by atoms with van der Waals surface area (Å²) in [5, 5.41) is 10.8. The molecule has 0 saturated carbocycles. The van der Waals surface area contributed by atoms with Gasteiger partial charge in [0.1, 0.15) is 6.10 Å². The van der Waals surface area contributed by atoms with Gasteiger partial charge in [-0.1, -0.05) is 26.0 Å². The van der Waals surface area contributed by atoms with Crippen molar-refractivity contribution in [2.24, 2.45) is 11.8 Å². The molecule has 1 aliphatic heterocycles. The molecule has 1 heterocycles. The second kappa shape index (κ2) is 13.5. The van der Waals surface area contributed by atoms with Gasteiger partial charge < -0.3 is 9.84 Å². The molecule has 0 aromatic rings. The molecular weight excluding hydrogens is 334 g/mol. The standard InChI is InChI=1S/C11H21NO3.C9H14O2/c1-5-6-7-10(13)8-9(2)11(14)12(3)15-4;1-3-4-5-8-6-7(2)9(10)11-8/h5,9-10,13H,1,6-8H2,2-4H3;3,7-8H,1,4-6H2,2H3/t9?,10-;7?,8-/m11/s1. The Kier molecular flexibility index (Phi) is 12.7. The Labute approximate surface area is 157 Å². The predicted octanol–water partition coefficient (Wildman–Crippen LogP) is 3.26. The summed E-state index contributed by atoms with van der Waals surface area (Å²) in [5.41, 5.74) is 0. The maximum Gasteiger partial charge on any atom is 0.309 e. The van der Waals surface area contributed by atoms with Crippen LogP contribution in [0.15, 0.2) is 25.3 Å². The lowest BCUT2D eigenvalue weighted by molar-refractivity contribution is -0.173. The molecule has 0 bridgehead atoms. The van der Waals surface area contributed by atoms with Gasteiger partial charge in [-0.05, 0) is 38.5 Å². The summed E-state index contributed by atoms with van der Waals surface area (Å²) < 4.78 is 5.09. The number of aliphatic hydroxyl groups is 1. The van der Waals surface area contributed by atoms with Crippen molar-refractivity contribution in [1.82, 2.24) is 5.06 Å². The number of hydrogen-bond donors (Lipinski definition) is 1. The van der Waals surface area contributed by atoms with E-state index in [4.69, 9.17) is 9.57 Å². The number of rotatable bonds is 10.